The number of piperazine rings is 1. The van der Waals surface area contributed by atoms with E-state index in [1.165, 1.54) is 10.9 Å². The molecule has 4 nitrogen and oxygen atoms in total. The summed E-state index contributed by atoms with van der Waals surface area (Å²) in [5, 5.41) is 8.08. The number of hydrogen-bond acceptors (Lipinski definition) is 3. The van der Waals surface area contributed by atoms with Crippen LogP contribution in [0.3, 0.4) is 0 Å². The molecule has 0 amide bonds. The zero-order valence-electron chi connectivity index (χ0n) is 14.0. The Hall–Kier alpha value is -1.30. The Morgan fingerprint density at radius 3 is 2.50 bits per heavy atom. The predicted molar refractivity (Wildman–Crippen MR) is 102 cm³/mol. The molecule has 1 saturated heterocycles. The minimum Gasteiger partial charge on any atom is -0.304 e. The van der Waals surface area contributed by atoms with Gasteiger partial charge in [0.05, 0.1) is 11.7 Å². The normalized spacial score (nSPS) is 17.2. The van der Waals surface area contributed by atoms with E-state index in [-0.39, 0.29) is 0 Å². The maximum atomic E-state index is 4.10. The fourth-order valence-corrected chi connectivity index (χ4v) is 3.48. The minimum absolute atomic E-state index is 0.943. The zero-order chi connectivity index (χ0) is 16.2. The Kier molecular flexibility index (Phi) is 5.67. The van der Waals surface area contributed by atoms with Crippen molar-refractivity contribution >= 4 is 32.0 Å². The molecular weight excluding hydrogens is 292 g/mol. The van der Waals surface area contributed by atoms with E-state index in [4.69, 9.17) is 0 Å². The van der Waals surface area contributed by atoms with Crippen molar-refractivity contribution < 1.29 is 0 Å². The molecule has 22 heavy (non-hydrogen) atoms. The molecule has 0 saturated carbocycles. The summed E-state index contributed by atoms with van der Waals surface area (Å²) in [6.45, 7) is 6.74. The Morgan fingerprint density at radius 1 is 1.23 bits per heavy atom. The minimum atomic E-state index is -0.943. The van der Waals surface area contributed by atoms with Crippen LogP contribution in [0.1, 0.15) is 12.5 Å². The first-order chi connectivity index (χ1) is 10.4. The van der Waals surface area contributed by atoms with E-state index in [9.17, 15) is 0 Å². The molecule has 5 heteroatoms. The first kappa shape index (κ1) is 17.1. The van der Waals surface area contributed by atoms with Crippen molar-refractivity contribution in [3.8, 4) is 0 Å². The third-order valence-electron chi connectivity index (χ3n) is 4.00. The summed E-state index contributed by atoms with van der Waals surface area (Å²) in [5.74, 6) is 8.20. The SMILES string of the molecule is C=S(=C)(C)N1CCN(C)CC1.CCc1ccc2cn[nH]c2c1. The van der Waals surface area contributed by atoms with Gasteiger partial charge in [0.25, 0.3) is 0 Å². The van der Waals surface area contributed by atoms with E-state index in [2.05, 4.69) is 69.6 Å². The monoisotopic (exact) mass is 320 g/mol. The van der Waals surface area contributed by atoms with Gasteiger partial charge >= 0.3 is 0 Å². The molecule has 0 bridgehead atoms. The van der Waals surface area contributed by atoms with Gasteiger partial charge in [-0.15, -0.1) is 0 Å². The van der Waals surface area contributed by atoms with Gasteiger partial charge in [0, 0.05) is 31.6 Å². The average Bonchev–Trinajstić information content (AvgIpc) is 2.94. The van der Waals surface area contributed by atoms with Gasteiger partial charge in [-0.2, -0.15) is 14.5 Å². The van der Waals surface area contributed by atoms with Gasteiger partial charge < -0.3 is 4.90 Å². The molecule has 2 aromatic rings. The second-order valence-electron chi connectivity index (χ2n) is 6.10. The standard InChI is InChI=1S/C9H10N2.C8H18N2S/c1-2-7-3-4-8-6-10-11-9(8)5-7;1-9-5-7-10(8-6-9)11(2,3)4/h3-6H,2H2,1H3,(H,10,11);2-3,5-8H2,1,4H3. The van der Waals surface area contributed by atoms with Gasteiger partial charge in [-0.25, -0.2) is 0 Å². The van der Waals surface area contributed by atoms with Gasteiger partial charge in [-0.1, -0.05) is 30.8 Å². The highest BCUT2D eigenvalue weighted by atomic mass is 32.2. The van der Waals surface area contributed by atoms with E-state index < -0.39 is 9.39 Å². The van der Waals surface area contributed by atoms with Gasteiger partial charge in [-0.05, 0) is 31.4 Å². The number of nitrogens with one attached hydrogen (secondary N) is 1. The number of nitrogens with zero attached hydrogens (tertiary/aromatic N) is 3. The molecule has 1 aliphatic heterocycles. The van der Waals surface area contributed by atoms with Crippen molar-refractivity contribution in [1.82, 2.24) is 19.4 Å². The number of likely N-dealkylation sites (N-methyl/N-ethyl adjacent to an activating group) is 1. The highest BCUT2D eigenvalue weighted by molar-refractivity contribution is 8.25. The molecular formula is C17H28N4S. The van der Waals surface area contributed by atoms with Crippen LogP contribution in [0.25, 0.3) is 10.9 Å². The summed E-state index contributed by atoms with van der Waals surface area (Å²) in [4.78, 5) is 2.35. The molecule has 1 aromatic heterocycles. The van der Waals surface area contributed by atoms with Gasteiger partial charge in [-0.3, -0.25) is 9.40 Å². The first-order valence-corrected chi connectivity index (χ1v) is 10.0. The van der Waals surface area contributed by atoms with Crippen molar-refractivity contribution in [2.24, 2.45) is 0 Å². The van der Waals surface area contributed by atoms with Crippen molar-refractivity contribution in [2.75, 3.05) is 39.5 Å². The van der Waals surface area contributed by atoms with Gasteiger partial charge in [0.15, 0.2) is 0 Å². The van der Waals surface area contributed by atoms with Crippen LogP contribution in [0.15, 0.2) is 24.4 Å². The summed E-state index contributed by atoms with van der Waals surface area (Å²) in [7, 11) is 1.22. The molecule has 1 N–H and O–H groups in total. The van der Waals surface area contributed by atoms with Gasteiger partial charge in [0.2, 0.25) is 0 Å². The lowest BCUT2D eigenvalue weighted by atomic mass is 10.1. The van der Waals surface area contributed by atoms with Crippen LogP contribution in [0.4, 0.5) is 0 Å². The number of H-pyrrole nitrogens is 1. The molecule has 0 spiro atoms. The quantitative estimate of drug-likeness (QED) is 0.864. The molecule has 0 atom stereocenters. The lowest BCUT2D eigenvalue weighted by molar-refractivity contribution is 0.233. The molecule has 1 aromatic carbocycles. The number of aromatic amines is 1. The summed E-state index contributed by atoms with van der Waals surface area (Å²) < 4.78 is 2.41. The summed E-state index contributed by atoms with van der Waals surface area (Å²) in [6, 6.07) is 6.37. The van der Waals surface area contributed by atoms with Crippen LogP contribution >= 0.6 is 9.39 Å². The van der Waals surface area contributed by atoms with E-state index >= 15 is 0 Å². The van der Waals surface area contributed by atoms with Crippen LogP contribution in [0.2, 0.25) is 0 Å². The maximum Gasteiger partial charge on any atom is 0.0653 e. The molecule has 0 unspecified atom stereocenters. The topological polar surface area (TPSA) is 35.2 Å². The Bertz CT molecular complexity index is 694. The van der Waals surface area contributed by atoms with E-state index in [0.29, 0.717) is 0 Å². The van der Waals surface area contributed by atoms with Crippen LogP contribution in [0, 0.1) is 0 Å². The Labute approximate surface area is 134 Å². The number of aromatic nitrogens is 2. The number of benzene rings is 1. The van der Waals surface area contributed by atoms with Crippen LogP contribution in [-0.4, -0.2) is 70.6 Å². The fourth-order valence-electron chi connectivity index (χ4n) is 2.43. The highest BCUT2D eigenvalue weighted by Crippen LogP contribution is 2.21. The number of aryl methyl sites for hydroxylation is 1. The van der Waals surface area contributed by atoms with Crippen molar-refractivity contribution in [3.05, 3.63) is 30.0 Å². The molecule has 1 fully saturated rings. The lowest BCUT2D eigenvalue weighted by Gasteiger charge is -2.35. The summed E-state index contributed by atoms with van der Waals surface area (Å²) >= 11 is 0. The zero-order valence-corrected chi connectivity index (χ0v) is 14.8. The predicted octanol–water partition coefficient (Wildman–Crippen LogP) is 2.57. The molecule has 1 aliphatic rings. The Balaban J connectivity index is 0.000000160. The van der Waals surface area contributed by atoms with Crippen LogP contribution in [-0.2, 0) is 6.42 Å². The molecule has 122 valence electrons. The molecule has 0 radical (unpaired) electrons. The Morgan fingerprint density at radius 2 is 1.91 bits per heavy atom. The van der Waals surface area contributed by atoms with E-state index in [0.717, 1.165) is 38.1 Å². The van der Waals surface area contributed by atoms with Gasteiger partial charge in [0.1, 0.15) is 0 Å². The fraction of sp³-hybridized carbons (Fsp3) is 0.471. The number of hydrogen-bond donors (Lipinski definition) is 1. The molecule has 2 heterocycles. The second-order valence-corrected chi connectivity index (χ2v) is 9.06. The molecule has 0 aliphatic carbocycles. The van der Waals surface area contributed by atoms with E-state index in [1.54, 1.807) is 0 Å². The van der Waals surface area contributed by atoms with Crippen LogP contribution < -0.4 is 0 Å². The number of fused-ring (bicyclic) bond motifs is 1. The lowest BCUT2D eigenvalue weighted by Crippen LogP contribution is -2.42. The maximum absolute atomic E-state index is 4.10. The number of rotatable bonds is 2. The smallest absolute Gasteiger partial charge is 0.0653 e. The van der Waals surface area contributed by atoms with Crippen molar-refractivity contribution in [2.45, 2.75) is 13.3 Å². The first-order valence-electron chi connectivity index (χ1n) is 7.70. The summed E-state index contributed by atoms with van der Waals surface area (Å²) in [6.07, 6.45) is 5.07. The summed E-state index contributed by atoms with van der Waals surface area (Å²) in [5.41, 5.74) is 2.48. The van der Waals surface area contributed by atoms with E-state index in [1.807, 2.05) is 6.20 Å². The van der Waals surface area contributed by atoms with Crippen molar-refractivity contribution in [1.29, 1.82) is 0 Å². The largest absolute Gasteiger partial charge is 0.304 e. The van der Waals surface area contributed by atoms with Crippen molar-refractivity contribution in [3.63, 3.8) is 0 Å². The second kappa shape index (κ2) is 7.31. The molecule has 3 rings (SSSR count). The highest BCUT2D eigenvalue weighted by Gasteiger charge is 2.14. The van der Waals surface area contributed by atoms with Crippen LogP contribution in [0.5, 0.6) is 0 Å². The average molecular weight is 321 g/mol. The third-order valence-corrected chi connectivity index (χ3v) is 5.61. The third kappa shape index (κ3) is 4.60.